The van der Waals surface area contributed by atoms with Crippen molar-refractivity contribution in [1.82, 2.24) is 0 Å². The quantitative estimate of drug-likeness (QED) is 0.773. The highest BCUT2D eigenvalue weighted by molar-refractivity contribution is 6.33. The standard InChI is InChI=1S/C19H17ClN2O3/c1-12-15(19(23)22(21-12)14-7-5-4-6-8-14)9-13-10-16(20)18(25-3)17(11-13)24-2/h4-11H,1-3H3/b15-9-. The van der Waals surface area contributed by atoms with Crippen LogP contribution in [0, 0.1) is 0 Å². The third kappa shape index (κ3) is 3.23. The van der Waals surface area contributed by atoms with E-state index < -0.39 is 0 Å². The Morgan fingerprint density at radius 3 is 2.48 bits per heavy atom. The van der Waals surface area contributed by atoms with Crippen LogP contribution in [-0.2, 0) is 4.79 Å². The summed E-state index contributed by atoms with van der Waals surface area (Å²) in [5, 5.41) is 6.16. The number of amides is 1. The van der Waals surface area contributed by atoms with Crippen molar-refractivity contribution in [2.45, 2.75) is 6.92 Å². The van der Waals surface area contributed by atoms with Gasteiger partial charge in [-0.25, -0.2) is 0 Å². The van der Waals surface area contributed by atoms with Gasteiger partial charge in [-0.2, -0.15) is 10.1 Å². The summed E-state index contributed by atoms with van der Waals surface area (Å²) in [5.41, 5.74) is 2.60. The summed E-state index contributed by atoms with van der Waals surface area (Å²) >= 11 is 6.24. The summed E-state index contributed by atoms with van der Waals surface area (Å²) in [6, 6.07) is 12.8. The van der Waals surface area contributed by atoms with Gasteiger partial charge in [0.2, 0.25) is 0 Å². The van der Waals surface area contributed by atoms with Crippen LogP contribution in [0.25, 0.3) is 6.08 Å². The van der Waals surface area contributed by atoms with Gasteiger partial charge in [0.25, 0.3) is 5.91 Å². The second-order valence-corrected chi connectivity index (χ2v) is 5.84. The lowest BCUT2D eigenvalue weighted by Gasteiger charge is -2.12. The van der Waals surface area contributed by atoms with Gasteiger partial charge < -0.3 is 9.47 Å². The predicted molar refractivity (Wildman–Crippen MR) is 99.6 cm³/mol. The Morgan fingerprint density at radius 1 is 1.12 bits per heavy atom. The van der Waals surface area contributed by atoms with Crippen LogP contribution in [0.1, 0.15) is 12.5 Å². The molecule has 5 nitrogen and oxygen atoms in total. The average molecular weight is 357 g/mol. The molecule has 1 amide bonds. The van der Waals surface area contributed by atoms with Crippen molar-refractivity contribution in [3.05, 3.63) is 58.6 Å². The molecule has 2 aromatic carbocycles. The molecule has 1 heterocycles. The first-order valence-electron chi connectivity index (χ1n) is 7.63. The maximum atomic E-state index is 12.7. The number of ether oxygens (including phenoxy) is 2. The summed E-state index contributed by atoms with van der Waals surface area (Å²) in [4.78, 5) is 12.7. The van der Waals surface area contributed by atoms with E-state index in [-0.39, 0.29) is 5.91 Å². The summed E-state index contributed by atoms with van der Waals surface area (Å²) < 4.78 is 10.5. The SMILES string of the molecule is COc1cc(/C=C2\C(=O)N(c3ccccc3)N=C2C)cc(Cl)c1OC. The molecular formula is C19H17ClN2O3. The van der Waals surface area contributed by atoms with Crippen LogP contribution in [0.15, 0.2) is 53.1 Å². The van der Waals surface area contributed by atoms with Crippen LogP contribution in [0.2, 0.25) is 5.02 Å². The second kappa shape index (κ2) is 6.99. The van der Waals surface area contributed by atoms with Crippen molar-refractivity contribution in [2.75, 3.05) is 19.2 Å². The Bertz CT molecular complexity index is 876. The van der Waals surface area contributed by atoms with Crippen molar-refractivity contribution >= 4 is 35.0 Å². The van der Waals surface area contributed by atoms with Gasteiger partial charge >= 0.3 is 0 Å². The van der Waals surface area contributed by atoms with Gasteiger partial charge in [-0.3, -0.25) is 4.79 Å². The van der Waals surface area contributed by atoms with Crippen LogP contribution >= 0.6 is 11.6 Å². The van der Waals surface area contributed by atoms with E-state index in [0.29, 0.717) is 27.8 Å². The van der Waals surface area contributed by atoms with Crippen LogP contribution in [0.3, 0.4) is 0 Å². The van der Waals surface area contributed by atoms with Crippen molar-refractivity contribution < 1.29 is 14.3 Å². The van der Waals surface area contributed by atoms with Crippen LogP contribution in [0.5, 0.6) is 11.5 Å². The fraction of sp³-hybridized carbons (Fsp3) is 0.158. The van der Waals surface area contributed by atoms with Crippen LogP contribution < -0.4 is 14.5 Å². The molecule has 1 aliphatic heterocycles. The molecule has 3 rings (SSSR count). The van der Waals surface area contributed by atoms with E-state index in [1.807, 2.05) is 30.3 Å². The monoisotopic (exact) mass is 356 g/mol. The minimum absolute atomic E-state index is 0.186. The predicted octanol–water partition coefficient (Wildman–Crippen LogP) is 4.16. The molecule has 0 spiro atoms. The lowest BCUT2D eigenvalue weighted by atomic mass is 10.1. The largest absolute Gasteiger partial charge is 0.493 e. The molecule has 0 aliphatic carbocycles. The van der Waals surface area contributed by atoms with E-state index in [4.69, 9.17) is 21.1 Å². The molecule has 0 radical (unpaired) electrons. The summed E-state index contributed by atoms with van der Waals surface area (Å²) in [7, 11) is 3.06. The van der Waals surface area contributed by atoms with E-state index in [9.17, 15) is 4.79 Å². The second-order valence-electron chi connectivity index (χ2n) is 5.43. The van der Waals surface area contributed by atoms with E-state index >= 15 is 0 Å². The first kappa shape index (κ1) is 17.0. The fourth-order valence-electron chi connectivity index (χ4n) is 2.62. The maximum Gasteiger partial charge on any atom is 0.280 e. The van der Waals surface area contributed by atoms with Crippen molar-refractivity contribution in [2.24, 2.45) is 5.10 Å². The number of anilines is 1. The molecule has 6 heteroatoms. The van der Waals surface area contributed by atoms with Crippen LogP contribution in [0.4, 0.5) is 5.69 Å². The number of carbonyl (C=O) groups is 1. The molecule has 0 bridgehead atoms. The normalized spacial score (nSPS) is 15.5. The Morgan fingerprint density at radius 2 is 1.84 bits per heavy atom. The molecule has 2 aromatic rings. The molecule has 0 aromatic heterocycles. The minimum atomic E-state index is -0.186. The van der Waals surface area contributed by atoms with Gasteiger partial charge in [0.15, 0.2) is 11.5 Å². The number of methoxy groups -OCH3 is 2. The number of nitrogens with zero attached hydrogens (tertiary/aromatic N) is 2. The third-order valence-electron chi connectivity index (χ3n) is 3.83. The summed E-state index contributed by atoms with van der Waals surface area (Å²) in [5.74, 6) is 0.775. The molecule has 1 aliphatic rings. The number of halogens is 1. The van der Waals surface area contributed by atoms with Gasteiger partial charge in [-0.15, -0.1) is 0 Å². The first-order valence-corrected chi connectivity index (χ1v) is 8.01. The van der Waals surface area contributed by atoms with Gasteiger partial charge in [-0.05, 0) is 42.8 Å². The molecule has 0 saturated carbocycles. The number of hydrogen-bond donors (Lipinski definition) is 0. The lowest BCUT2D eigenvalue weighted by Crippen LogP contribution is -2.21. The molecular weight excluding hydrogens is 340 g/mol. The molecule has 0 atom stereocenters. The van der Waals surface area contributed by atoms with Gasteiger partial charge in [0, 0.05) is 0 Å². The summed E-state index contributed by atoms with van der Waals surface area (Å²) in [6.07, 6.45) is 1.75. The van der Waals surface area contributed by atoms with Gasteiger partial charge in [0.1, 0.15) is 0 Å². The van der Waals surface area contributed by atoms with E-state index in [2.05, 4.69) is 5.10 Å². The summed E-state index contributed by atoms with van der Waals surface area (Å²) in [6.45, 7) is 1.80. The van der Waals surface area contributed by atoms with Crippen molar-refractivity contribution in [1.29, 1.82) is 0 Å². The number of benzene rings is 2. The zero-order valence-electron chi connectivity index (χ0n) is 14.1. The smallest absolute Gasteiger partial charge is 0.280 e. The minimum Gasteiger partial charge on any atom is -0.493 e. The molecule has 0 N–H and O–H groups in total. The molecule has 0 fully saturated rings. The number of para-hydroxylation sites is 1. The highest BCUT2D eigenvalue weighted by atomic mass is 35.5. The maximum absolute atomic E-state index is 12.7. The van der Waals surface area contributed by atoms with Crippen LogP contribution in [-0.4, -0.2) is 25.8 Å². The zero-order valence-corrected chi connectivity index (χ0v) is 14.9. The number of carbonyl (C=O) groups excluding carboxylic acids is 1. The Hall–Kier alpha value is -2.79. The number of rotatable bonds is 4. The fourth-order valence-corrected chi connectivity index (χ4v) is 2.91. The topological polar surface area (TPSA) is 51.1 Å². The van der Waals surface area contributed by atoms with E-state index in [1.54, 1.807) is 25.1 Å². The average Bonchev–Trinajstić information content (AvgIpc) is 2.90. The first-order chi connectivity index (χ1) is 12.0. The van der Waals surface area contributed by atoms with E-state index in [1.165, 1.54) is 19.2 Å². The zero-order chi connectivity index (χ0) is 18.0. The highest BCUT2D eigenvalue weighted by Crippen LogP contribution is 2.37. The number of hydrogen-bond acceptors (Lipinski definition) is 4. The van der Waals surface area contributed by atoms with Gasteiger partial charge in [-0.1, -0.05) is 29.8 Å². The molecule has 25 heavy (non-hydrogen) atoms. The molecule has 0 unspecified atom stereocenters. The van der Waals surface area contributed by atoms with E-state index in [0.717, 1.165) is 11.3 Å². The Kier molecular flexibility index (Phi) is 4.76. The lowest BCUT2D eigenvalue weighted by molar-refractivity contribution is -0.114. The Balaban J connectivity index is 1.99. The van der Waals surface area contributed by atoms with Gasteiger partial charge in [0.05, 0.1) is 36.2 Å². The Labute approximate surface area is 151 Å². The number of hydrazone groups is 1. The molecule has 0 saturated heterocycles. The van der Waals surface area contributed by atoms with Crippen molar-refractivity contribution in [3.8, 4) is 11.5 Å². The molecule has 128 valence electrons. The third-order valence-corrected chi connectivity index (χ3v) is 4.11. The highest BCUT2D eigenvalue weighted by Gasteiger charge is 2.28. The van der Waals surface area contributed by atoms with Crippen molar-refractivity contribution in [3.63, 3.8) is 0 Å².